The highest BCUT2D eigenvalue weighted by Gasteiger charge is 2.19. The van der Waals surface area contributed by atoms with Crippen LogP contribution < -0.4 is 10.2 Å². The summed E-state index contributed by atoms with van der Waals surface area (Å²) >= 11 is 0. The van der Waals surface area contributed by atoms with Crippen molar-refractivity contribution in [1.82, 2.24) is 5.32 Å². The zero-order valence-electron chi connectivity index (χ0n) is 13.0. The molecule has 0 heterocycles. The van der Waals surface area contributed by atoms with E-state index in [2.05, 4.69) is 11.4 Å². The summed E-state index contributed by atoms with van der Waals surface area (Å²) in [5.41, 5.74) is 1.48. The second-order valence-corrected chi connectivity index (χ2v) is 4.84. The lowest BCUT2D eigenvalue weighted by molar-refractivity contribution is 0.205. The van der Waals surface area contributed by atoms with Gasteiger partial charge in [0, 0.05) is 37.5 Å². The third kappa shape index (κ3) is 5.00. The Bertz CT molecular complexity index is 473. The molecule has 0 saturated carbocycles. The number of nitrogens with one attached hydrogen (secondary N) is 1. The molecule has 0 radical (unpaired) electrons. The van der Waals surface area contributed by atoms with Crippen molar-refractivity contribution in [1.29, 1.82) is 5.26 Å². The molecule has 1 unspecified atom stereocenters. The zero-order chi connectivity index (χ0) is 15.7. The maximum atomic E-state index is 14.3. The summed E-state index contributed by atoms with van der Waals surface area (Å²) in [5, 5.41) is 12.1. The third-order valence-electron chi connectivity index (χ3n) is 3.37. The topological polar surface area (TPSA) is 48.3 Å². The molecular formula is C16H24FN3O. The first-order chi connectivity index (χ1) is 10.2. The molecule has 0 bridgehead atoms. The molecule has 0 fully saturated rings. The van der Waals surface area contributed by atoms with Crippen LogP contribution in [0.5, 0.6) is 0 Å². The van der Waals surface area contributed by atoms with Crippen LogP contribution in [-0.2, 0) is 4.74 Å². The van der Waals surface area contributed by atoms with Crippen LogP contribution >= 0.6 is 0 Å². The average molecular weight is 293 g/mol. The summed E-state index contributed by atoms with van der Waals surface area (Å²) in [6, 6.07) is 7.14. The van der Waals surface area contributed by atoms with Gasteiger partial charge in [-0.3, -0.25) is 0 Å². The summed E-state index contributed by atoms with van der Waals surface area (Å²) < 4.78 is 19.4. The second-order valence-electron chi connectivity index (χ2n) is 4.84. The SMILES string of the molecule is CCNC(C)c1c(F)cccc1N(CCC#N)CCOC. The highest BCUT2D eigenvalue weighted by Crippen LogP contribution is 2.29. The average Bonchev–Trinajstić information content (AvgIpc) is 2.47. The maximum absolute atomic E-state index is 14.3. The highest BCUT2D eigenvalue weighted by molar-refractivity contribution is 5.55. The van der Waals surface area contributed by atoms with E-state index in [9.17, 15) is 4.39 Å². The van der Waals surface area contributed by atoms with Crippen LogP contribution in [0, 0.1) is 17.1 Å². The van der Waals surface area contributed by atoms with Gasteiger partial charge in [-0.15, -0.1) is 0 Å². The molecule has 5 heteroatoms. The number of ether oxygens (including phenoxy) is 1. The van der Waals surface area contributed by atoms with Crippen molar-refractivity contribution < 1.29 is 9.13 Å². The Hall–Kier alpha value is -1.64. The molecule has 0 aliphatic rings. The van der Waals surface area contributed by atoms with E-state index >= 15 is 0 Å². The Labute approximate surface area is 126 Å². The van der Waals surface area contributed by atoms with Crippen molar-refractivity contribution in [3.8, 4) is 6.07 Å². The van der Waals surface area contributed by atoms with Crippen molar-refractivity contribution in [2.24, 2.45) is 0 Å². The third-order valence-corrected chi connectivity index (χ3v) is 3.37. The van der Waals surface area contributed by atoms with Crippen LogP contribution in [0.25, 0.3) is 0 Å². The molecule has 0 aliphatic heterocycles. The van der Waals surface area contributed by atoms with Gasteiger partial charge in [-0.25, -0.2) is 4.39 Å². The number of nitriles is 1. The van der Waals surface area contributed by atoms with Gasteiger partial charge in [-0.2, -0.15) is 5.26 Å². The monoisotopic (exact) mass is 293 g/mol. The summed E-state index contributed by atoms with van der Waals surface area (Å²) in [7, 11) is 1.64. The molecule has 1 atom stereocenters. The first-order valence-corrected chi connectivity index (χ1v) is 7.28. The first kappa shape index (κ1) is 17.4. The van der Waals surface area contributed by atoms with E-state index in [1.54, 1.807) is 13.2 Å². The van der Waals surface area contributed by atoms with Crippen LogP contribution in [0.2, 0.25) is 0 Å². The number of hydrogen-bond acceptors (Lipinski definition) is 4. The van der Waals surface area contributed by atoms with E-state index in [1.165, 1.54) is 6.07 Å². The molecule has 0 aromatic heterocycles. The van der Waals surface area contributed by atoms with E-state index in [0.29, 0.717) is 31.7 Å². The molecule has 0 spiro atoms. The van der Waals surface area contributed by atoms with Gasteiger partial charge in [-0.1, -0.05) is 13.0 Å². The quantitative estimate of drug-likeness (QED) is 0.760. The predicted molar refractivity (Wildman–Crippen MR) is 82.8 cm³/mol. The lowest BCUT2D eigenvalue weighted by atomic mass is 10.0. The van der Waals surface area contributed by atoms with Gasteiger partial charge in [0.15, 0.2) is 0 Å². The van der Waals surface area contributed by atoms with Gasteiger partial charge in [0.2, 0.25) is 0 Å². The normalized spacial score (nSPS) is 12.0. The lowest BCUT2D eigenvalue weighted by Crippen LogP contribution is -2.31. The number of halogens is 1. The van der Waals surface area contributed by atoms with Crippen molar-refractivity contribution in [3.05, 3.63) is 29.6 Å². The van der Waals surface area contributed by atoms with Crippen LogP contribution in [0.1, 0.15) is 31.9 Å². The van der Waals surface area contributed by atoms with E-state index < -0.39 is 0 Å². The van der Waals surface area contributed by atoms with Gasteiger partial charge >= 0.3 is 0 Å². The minimum Gasteiger partial charge on any atom is -0.383 e. The minimum atomic E-state index is -0.222. The van der Waals surface area contributed by atoms with Gasteiger partial charge in [0.05, 0.1) is 19.1 Å². The van der Waals surface area contributed by atoms with E-state index in [1.807, 2.05) is 24.8 Å². The largest absolute Gasteiger partial charge is 0.383 e. The molecule has 1 rings (SSSR count). The number of hydrogen-bond donors (Lipinski definition) is 1. The van der Waals surface area contributed by atoms with Gasteiger partial charge in [0.25, 0.3) is 0 Å². The van der Waals surface area contributed by atoms with Crippen molar-refractivity contribution in [2.45, 2.75) is 26.3 Å². The number of rotatable bonds is 9. The van der Waals surface area contributed by atoms with Crippen LogP contribution in [0.4, 0.5) is 10.1 Å². The fourth-order valence-corrected chi connectivity index (χ4v) is 2.38. The molecule has 0 aliphatic carbocycles. The number of nitrogens with zero attached hydrogens (tertiary/aromatic N) is 2. The first-order valence-electron chi connectivity index (χ1n) is 7.28. The number of anilines is 1. The maximum Gasteiger partial charge on any atom is 0.130 e. The van der Waals surface area contributed by atoms with Gasteiger partial charge in [0.1, 0.15) is 5.82 Å². The lowest BCUT2D eigenvalue weighted by Gasteiger charge is -2.28. The molecule has 116 valence electrons. The van der Waals surface area contributed by atoms with E-state index in [0.717, 1.165) is 12.2 Å². The molecule has 21 heavy (non-hydrogen) atoms. The standard InChI is InChI=1S/C16H24FN3O/c1-4-19-13(2)16-14(17)7-5-8-15(16)20(10-6-9-18)11-12-21-3/h5,7-8,13,19H,4,6,10-12H2,1-3H3. The van der Waals surface area contributed by atoms with Crippen molar-refractivity contribution in [2.75, 3.05) is 38.3 Å². The molecule has 1 aromatic rings. The number of benzene rings is 1. The fourth-order valence-electron chi connectivity index (χ4n) is 2.38. The molecule has 1 aromatic carbocycles. The Morgan fingerprint density at radius 2 is 2.19 bits per heavy atom. The fraction of sp³-hybridized carbons (Fsp3) is 0.562. The molecular weight excluding hydrogens is 269 g/mol. The molecule has 1 N–H and O–H groups in total. The molecule has 4 nitrogen and oxygen atoms in total. The predicted octanol–water partition coefficient (Wildman–Crippen LogP) is 2.86. The summed E-state index contributed by atoms with van der Waals surface area (Å²) in [6.07, 6.45) is 0.398. The van der Waals surface area contributed by atoms with Crippen molar-refractivity contribution >= 4 is 5.69 Å². The van der Waals surface area contributed by atoms with E-state index in [-0.39, 0.29) is 11.9 Å². The second kappa shape index (κ2) is 9.32. The minimum absolute atomic E-state index is 0.0849. The Kier molecular flexibility index (Phi) is 7.73. The molecule has 0 amide bonds. The van der Waals surface area contributed by atoms with E-state index in [4.69, 9.17) is 10.00 Å². The highest BCUT2D eigenvalue weighted by atomic mass is 19.1. The zero-order valence-corrected chi connectivity index (χ0v) is 13.0. The molecule has 0 saturated heterocycles. The van der Waals surface area contributed by atoms with Crippen molar-refractivity contribution in [3.63, 3.8) is 0 Å². The Morgan fingerprint density at radius 1 is 1.43 bits per heavy atom. The summed E-state index contributed by atoms with van der Waals surface area (Å²) in [4.78, 5) is 2.01. The van der Waals surface area contributed by atoms with Crippen LogP contribution in [-0.4, -0.2) is 33.4 Å². The Morgan fingerprint density at radius 3 is 2.81 bits per heavy atom. The summed E-state index contributed by atoms with van der Waals surface area (Å²) in [6.45, 7) is 6.45. The Balaban J connectivity index is 3.10. The van der Waals surface area contributed by atoms with Crippen LogP contribution in [0.15, 0.2) is 18.2 Å². The van der Waals surface area contributed by atoms with Gasteiger partial charge < -0.3 is 15.0 Å². The summed E-state index contributed by atoms with van der Waals surface area (Å²) in [5.74, 6) is -0.222. The number of methoxy groups -OCH3 is 1. The van der Waals surface area contributed by atoms with Gasteiger partial charge in [-0.05, 0) is 25.6 Å². The van der Waals surface area contributed by atoms with Crippen LogP contribution in [0.3, 0.4) is 0 Å². The smallest absolute Gasteiger partial charge is 0.130 e.